The quantitative estimate of drug-likeness (QED) is 0.791. The van der Waals surface area contributed by atoms with E-state index in [0.29, 0.717) is 16.7 Å². The molecule has 0 fully saturated rings. The largest absolute Gasteiger partial charge is 0.496 e. The topological polar surface area (TPSA) is 59.7 Å². The first kappa shape index (κ1) is 8.62. The standard InChI is InChI=1S/C10H8O4/c1-13-7-3-2-4-8-6(7)5-9(14-8)10(11)12/h2-5H,1H3,(H,11,12). The zero-order valence-corrected chi connectivity index (χ0v) is 7.48. The number of furan rings is 1. The van der Waals surface area contributed by atoms with Crippen molar-refractivity contribution in [2.75, 3.05) is 7.11 Å². The first-order valence-corrected chi connectivity index (χ1v) is 4.02. The van der Waals surface area contributed by atoms with Gasteiger partial charge in [0.25, 0.3) is 0 Å². The Morgan fingerprint density at radius 1 is 1.50 bits per heavy atom. The molecule has 2 aromatic rings. The second-order valence-electron chi connectivity index (χ2n) is 2.79. The van der Waals surface area contributed by atoms with Gasteiger partial charge < -0.3 is 14.3 Å². The fourth-order valence-corrected chi connectivity index (χ4v) is 1.32. The van der Waals surface area contributed by atoms with Crippen LogP contribution in [0.25, 0.3) is 11.0 Å². The number of fused-ring (bicyclic) bond motifs is 1. The number of carbonyl (C=O) groups is 1. The molecule has 4 heteroatoms. The Bertz CT molecular complexity index is 484. The summed E-state index contributed by atoms with van der Waals surface area (Å²) in [7, 11) is 1.53. The molecule has 72 valence electrons. The van der Waals surface area contributed by atoms with Crippen LogP contribution in [-0.4, -0.2) is 18.2 Å². The Labute approximate surface area is 79.7 Å². The summed E-state index contributed by atoms with van der Waals surface area (Å²) in [4.78, 5) is 10.6. The molecular formula is C10H8O4. The van der Waals surface area contributed by atoms with E-state index < -0.39 is 5.97 Å². The maximum atomic E-state index is 10.6. The van der Waals surface area contributed by atoms with Gasteiger partial charge >= 0.3 is 5.97 Å². The minimum Gasteiger partial charge on any atom is -0.496 e. The zero-order chi connectivity index (χ0) is 10.1. The molecule has 0 unspecified atom stereocenters. The van der Waals surface area contributed by atoms with Gasteiger partial charge in [0.1, 0.15) is 11.3 Å². The molecule has 0 amide bonds. The monoisotopic (exact) mass is 192 g/mol. The highest BCUT2D eigenvalue weighted by Crippen LogP contribution is 2.28. The van der Waals surface area contributed by atoms with Crippen molar-refractivity contribution in [2.45, 2.75) is 0 Å². The van der Waals surface area contributed by atoms with Crippen molar-refractivity contribution in [3.05, 3.63) is 30.0 Å². The summed E-state index contributed by atoms with van der Waals surface area (Å²) in [6, 6.07) is 6.65. The van der Waals surface area contributed by atoms with Gasteiger partial charge in [0, 0.05) is 6.07 Å². The number of carboxylic acid groups (broad SMARTS) is 1. The lowest BCUT2D eigenvalue weighted by atomic mass is 10.2. The van der Waals surface area contributed by atoms with Crippen molar-refractivity contribution in [1.82, 2.24) is 0 Å². The molecule has 0 bridgehead atoms. The van der Waals surface area contributed by atoms with E-state index in [0.717, 1.165) is 0 Å². The van der Waals surface area contributed by atoms with Crippen LogP contribution in [0.2, 0.25) is 0 Å². The van der Waals surface area contributed by atoms with Gasteiger partial charge in [-0.05, 0) is 12.1 Å². The van der Waals surface area contributed by atoms with Gasteiger partial charge in [0.2, 0.25) is 5.76 Å². The van der Waals surface area contributed by atoms with Crippen molar-refractivity contribution in [1.29, 1.82) is 0 Å². The smallest absolute Gasteiger partial charge is 0.371 e. The van der Waals surface area contributed by atoms with Gasteiger partial charge in [-0.1, -0.05) is 6.07 Å². The summed E-state index contributed by atoms with van der Waals surface area (Å²) in [6.07, 6.45) is 0. The Morgan fingerprint density at radius 3 is 2.93 bits per heavy atom. The fraction of sp³-hybridized carbons (Fsp3) is 0.100. The molecule has 0 radical (unpaired) electrons. The minimum absolute atomic E-state index is 0.0792. The highest BCUT2D eigenvalue weighted by Gasteiger charge is 2.12. The molecule has 0 aliphatic rings. The molecule has 1 aromatic carbocycles. The molecule has 0 saturated heterocycles. The first-order valence-electron chi connectivity index (χ1n) is 4.02. The van der Waals surface area contributed by atoms with Gasteiger partial charge in [0.15, 0.2) is 0 Å². The van der Waals surface area contributed by atoms with Crippen LogP contribution in [0.4, 0.5) is 0 Å². The Kier molecular flexibility index (Phi) is 1.89. The number of ether oxygens (including phenoxy) is 1. The van der Waals surface area contributed by atoms with Gasteiger partial charge in [-0.15, -0.1) is 0 Å². The molecule has 1 N–H and O–H groups in total. The van der Waals surface area contributed by atoms with E-state index in [1.807, 2.05) is 0 Å². The average Bonchev–Trinajstić information content (AvgIpc) is 2.60. The molecule has 0 saturated carbocycles. The normalized spacial score (nSPS) is 10.4. The van der Waals surface area contributed by atoms with Crippen LogP contribution < -0.4 is 4.74 Å². The third-order valence-electron chi connectivity index (χ3n) is 1.95. The number of benzene rings is 1. The highest BCUT2D eigenvalue weighted by molar-refractivity contribution is 5.93. The van der Waals surface area contributed by atoms with E-state index in [4.69, 9.17) is 14.3 Å². The Balaban J connectivity index is 2.70. The predicted molar refractivity (Wildman–Crippen MR) is 49.7 cm³/mol. The van der Waals surface area contributed by atoms with E-state index in [1.165, 1.54) is 13.2 Å². The van der Waals surface area contributed by atoms with E-state index >= 15 is 0 Å². The van der Waals surface area contributed by atoms with Crippen molar-refractivity contribution < 1.29 is 19.1 Å². The predicted octanol–water partition coefficient (Wildman–Crippen LogP) is 2.14. The van der Waals surface area contributed by atoms with Crippen LogP contribution in [0.3, 0.4) is 0 Å². The molecule has 4 nitrogen and oxygen atoms in total. The SMILES string of the molecule is COc1cccc2oc(C(=O)O)cc12. The first-order chi connectivity index (χ1) is 6.72. The van der Waals surface area contributed by atoms with E-state index in [2.05, 4.69) is 0 Å². The maximum Gasteiger partial charge on any atom is 0.371 e. The van der Waals surface area contributed by atoms with Crippen molar-refractivity contribution in [2.24, 2.45) is 0 Å². The summed E-state index contributed by atoms with van der Waals surface area (Å²) < 4.78 is 10.2. The lowest BCUT2D eigenvalue weighted by molar-refractivity contribution is 0.0665. The summed E-state index contributed by atoms with van der Waals surface area (Å²) >= 11 is 0. The maximum absolute atomic E-state index is 10.6. The molecule has 14 heavy (non-hydrogen) atoms. The summed E-state index contributed by atoms with van der Waals surface area (Å²) in [5.74, 6) is -0.550. The molecule has 0 aliphatic heterocycles. The van der Waals surface area contributed by atoms with E-state index in [1.54, 1.807) is 18.2 Å². The van der Waals surface area contributed by atoms with Gasteiger partial charge in [-0.2, -0.15) is 0 Å². The van der Waals surface area contributed by atoms with Crippen molar-refractivity contribution in [3.8, 4) is 5.75 Å². The summed E-state index contributed by atoms with van der Waals surface area (Å²) in [5, 5.41) is 9.39. The number of carboxylic acids is 1. The molecule has 0 spiro atoms. The average molecular weight is 192 g/mol. The van der Waals surface area contributed by atoms with Crippen LogP contribution >= 0.6 is 0 Å². The van der Waals surface area contributed by atoms with Gasteiger partial charge in [-0.3, -0.25) is 0 Å². The number of methoxy groups -OCH3 is 1. The number of hydrogen-bond acceptors (Lipinski definition) is 3. The number of aromatic carboxylic acids is 1. The molecule has 1 heterocycles. The molecule has 0 atom stereocenters. The van der Waals surface area contributed by atoms with Crippen LogP contribution in [0.1, 0.15) is 10.6 Å². The lowest BCUT2D eigenvalue weighted by Gasteiger charge is -1.98. The summed E-state index contributed by atoms with van der Waals surface area (Å²) in [5.41, 5.74) is 0.516. The summed E-state index contributed by atoms with van der Waals surface area (Å²) in [6.45, 7) is 0. The van der Waals surface area contributed by atoms with Crippen LogP contribution in [0.5, 0.6) is 5.75 Å². The fourth-order valence-electron chi connectivity index (χ4n) is 1.32. The van der Waals surface area contributed by atoms with Crippen LogP contribution in [-0.2, 0) is 0 Å². The third-order valence-corrected chi connectivity index (χ3v) is 1.95. The highest BCUT2D eigenvalue weighted by atomic mass is 16.5. The Morgan fingerprint density at radius 2 is 2.29 bits per heavy atom. The van der Waals surface area contributed by atoms with Crippen LogP contribution in [0.15, 0.2) is 28.7 Å². The van der Waals surface area contributed by atoms with E-state index in [9.17, 15) is 4.79 Å². The van der Waals surface area contributed by atoms with Gasteiger partial charge in [-0.25, -0.2) is 4.79 Å². The molecular weight excluding hydrogens is 184 g/mol. The Hall–Kier alpha value is -1.97. The van der Waals surface area contributed by atoms with Crippen molar-refractivity contribution in [3.63, 3.8) is 0 Å². The third kappa shape index (κ3) is 1.21. The lowest BCUT2D eigenvalue weighted by Crippen LogP contribution is -1.91. The van der Waals surface area contributed by atoms with E-state index in [-0.39, 0.29) is 5.76 Å². The zero-order valence-electron chi connectivity index (χ0n) is 7.48. The van der Waals surface area contributed by atoms with Crippen LogP contribution in [0, 0.1) is 0 Å². The number of hydrogen-bond donors (Lipinski definition) is 1. The molecule has 1 aromatic heterocycles. The van der Waals surface area contributed by atoms with Gasteiger partial charge in [0.05, 0.1) is 12.5 Å². The second-order valence-corrected chi connectivity index (χ2v) is 2.79. The van der Waals surface area contributed by atoms with Crippen molar-refractivity contribution >= 4 is 16.9 Å². The minimum atomic E-state index is -1.08. The molecule has 2 rings (SSSR count). The second kappa shape index (κ2) is 3.06. The number of rotatable bonds is 2. The molecule has 0 aliphatic carbocycles.